The number of nitrogens with one attached hydrogen (secondary N) is 1. The van der Waals surface area contributed by atoms with E-state index in [2.05, 4.69) is 5.32 Å². The van der Waals surface area contributed by atoms with E-state index in [-0.39, 0.29) is 24.1 Å². The first-order valence-corrected chi connectivity index (χ1v) is 8.89. The number of hydrogen-bond acceptors (Lipinski definition) is 3. The van der Waals surface area contributed by atoms with Crippen LogP contribution in [0.2, 0.25) is 0 Å². The van der Waals surface area contributed by atoms with E-state index in [0.717, 1.165) is 24.1 Å². The van der Waals surface area contributed by atoms with Gasteiger partial charge >= 0.3 is 0 Å². The molecule has 5 nitrogen and oxygen atoms in total. The number of hydrogen-bond donors (Lipinski definition) is 1. The van der Waals surface area contributed by atoms with Crippen molar-refractivity contribution in [1.29, 1.82) is 0 Å². The molecule has 1 aliphatic heterocycles. The maximum absolute atomic E-state index is 12.3. The van der Waals surface area contributed by atoms with Gasteiger partial charge in [-0.3, -0.25) is 4.79 Å². The van der Waals surface area contributed by atoms with Crippen LogP contribution in [-0.2, 0) is 14.8 Å². The first-order valence-electron chi connectivity index (χ1n) is 7.28. The van der Waals surface area contributed by atoms with Gasteiger partial charge in [-0.15, -0.1) is 0 Å². The van der Waals surface area contributed by atoms with Gasteiger partial charge in [-0.1, -0.05) is 18.2 Å². The van der Waals surface area contributed by atoms with Crippen LogP contribution in [0.5, 0.6) is 0 Å². The summed E-state index contributed by atoms with van der Waals surface area (Å²) in [6.45, 7) is 4.37. The van der Waals surface area contributed by atoms with Crippen LogP contribution in [0, 0.1) is 12.8 Å². The van der Waals surface area contributed by atoms with E-state index >= 15 is 0 Å². The summed E-state index contributed by atoms with van der Waals surface area (Å²) in [6, 6.07) is 7.58. The van der Waals surface area contributed by atoms with Gasteiger partial charge in [0.05, 0.1) is 11.7 Å². The summed E-state index contributed by atoms with van der Waals surface area (Å²) in [7, 11) is -3.22. The number of sulfonamides is 1. The number of piperidine rings is 1. The van der Waals surface area contributed by atoms with Crippen molar-refractivity contribution in [3.05, 3.63) is 29.8 Å². The monoisotopic (exact) mass is 310 g/mol. The molecule has 0 spiro atoms. The normalized spacial score (nSPS) is 20.2. The predicted octanol–water partition coefficient (Wildman–Crippen LogP) is 2.00. The van der Waals surface area contributed by atoms with E-state index in [1.807, 2.05) is 31.2 Å². The van der Waals surface area contributed by atoms with Gasteiger partial charge in [0.15, 0.2) is 0 Å². The van der Waals surface area contributed by atoms with Crippen molar-refractivity contribution < 1.29 is 13.2 Å². The van der Waals surface area contributed by atoms with Gasteiger partial charge in [0, 0.05) is 18.8 Å². The van der Waals surface area contributed by atoms with Crippen LogP contribution in [0.4, 0.5) is 5.69 Å². The summed E-state index contributed by atoms with van der Waals surface area (Å²) in [5.41, 5.74) is 1.79. The second kappa shape index (κ2) is 6.58. The Balaban J connectivity index is 2.05. The molecule has 1 aliphatic rings. The molecule has 116 valence electrons. The smallest absolute Gasteiger partial charge is 0.228 e. The summed E-state index contributed by atoms with van der Waals surface area (Å²) < 4.78 is 25.3. The Morgan fingerprint density at radius 2 is 2.10 bits per heavy atom. The van der Waals surface area contributed by atoms with E-state index in [1.165, 1.54) is 4.31 Å². The van der Waals surface area contributed by atoms with Crippen molar-refractivity contribution in [1.82, 2.24) is 4.31 Å². The highest BCUT2D eigenvalue weighted by molar-refractivity contribution is 7.89. The highest BCUT2D eigenvalue weighted by atomic mass is 32.2. The van der Waals surface area contributed by atoms with Gasteiger partial charge in [-0.25, -0.2) is 12.7 Å². The van der Waals surface area contributed by atoms with E-state index in [9.17, 15) is 13.2 Å². The van der Waals surface area contributed by atoms with E-state index < -0.39 is 10.0 Å². The van der Waals surface area contributed by atoms with Crippen LogP contribution in [0.15, 0.2) is 24.3 Å². The van der Waals surface area contributed by atoms with Gasteiger partial charge < -0.3 is 5.32 Å². The van der Waals surface area contributed by atoms with Crippen LogP contribution in [0.1, 0.15) is 25.3 Å². The van der Waals surface area contributed by atoms with Crippen molar-refractivity contribution >= 4 is 21.6 Å². The standard InChI is InChI=1S/C15H22N2O3S/c1-3-21(19,20)17-10-6-8-13(11-17)15(18)16-14-9-5-4-7-12(14)2/h4-5,7,9,13H,3,6,8,10-11H2,1-2H3,(H,16,18). The lowest BCUT2D eigenvalue weighted by atomic mass is 9.98. The third-order valence-electron chi connectivity index (χ3n) is 3.92. The van der Waals surface area contributed by atoms with Crippen LogP contribution in [0.25, 0.3) is 0 Å². The molecule has 1 saturated heterocycles. The fourth-order valence-corrected chi connectivity index (χ4v) is 3.72. The third kappa shape index (κ3) is 3.83. The summed E-state index contributed by atoms with van der Waals surface area (Å²) in [5.74, 6) is -0.293. The molecule has 0 radical (unpaired) electrons. The lowest BCUT2D eigenvalue weighted by Crippen LogP contribution is -2.44. The number of carbonyl (C=O) groups excluding carboxylic acids is 1. The summed E-state index contributed by atoms with van der Waals surface area (Å²) in [6.07, 6.45) is 1.46. The number of para-hydroxylation sites is 1. The third-order valence-corrected chi connectivity index (χ3v) is 5.76. The molecular formula is C15H22N2O3S. The zero-order valence-electron chi connectivity index (χ0n) is 12.5. The number of amides is 1. The first kappa shape index (κ1) is 16.0. The highest BCUT2D eigenvalue weighted by Crippen LogP contribution is 2.22. The molecule has 1 unspecified atom stereocenters. The minimum atomic E-state index is -3.22. The second-order valence-electron chi connectivity index (χ2n) is 5.40. The SMILES string of the molecule is CCS(=O)(=O)N1CCCC(C(=O)Nc2ccccc2C)C1. The van der Waals surface area contributed by atoms with Crippen LogP contribution < -0.4 is 5.32 Å². The minimum absolute atomic E-state index is 0.0825. The number of benzene rings is 1. The summed E-state index contributed by atoms with van der Waals surface area (Å²) >= 11 is 0. The molecule has 1 amide bonds. The summed E-state index contributed by atoms with van der Waals surface area (Å²) in [4.78, 5) is 12.3. The Labute approximate surface area is 126 Å². The summed E-state index contributed by atoms with van der Waals surface area (Å²) in [5, 5.41) is 2.91. The molecule has 0 bridgehead atoms. The van der Waals surface area contributed by atoms with Crippen LogP contribution in [-0.4, -0.2) is 37.5 Å². The van der Waals surface area contributed by atoms with Crippen LogP contribution in [0.3, 0.4) is 0 Å². The first-order chi connectivity index (χ1) is 9.94. The van der Waals surface area contributed by atoms with E-state index in [0.29, 0.717) is 6.54 Å². The van der Waals surface area contributed by atoms with Gasteiger partial charge in [0.2, 0.25) is 15.9 Å². The van der Waals surface area contributed by atoms with Gasteiger partial charge in [-0.2, -0.15) is 0 Å². The van der Waals surface area contributed by atoms with Gasteiger partial charge in [0.1, 0.15) is 0 Å². The molecular weight excluding hydrogens is 288 g/mol. The van der Waals surface area contributed by atoms with Crippen molar-refractivity contribution in [2.45, 2.75) is 26.7 Å². The Kier molecular flexibility index (Phi) is 5.00. The molecule has 0 saturated carbocycles. The maximum atomic E-state index is 12.3. The Morgan fingerprint density at radius 1 is 1.38 bits per heavy atom. The molecule has 1 N–H and O–H groups in total. The van der Waals surface area contributed by atoms with Crippen molar-refractivity contribution in [2.24, 2.45) is 5.92 Å². The second-order valence-corrected chi connectivity index (χ2v) is 7.66. The molecule has 1 aromatic rings. The predicted molar refractivity (Wildman–Crippen MR) is 83.6 cm³/mol. The zero-order chi connectivity index (χ0) is 15.5. The molecule has 1 aromatic carbocycles. The average molecular weight is 310 g/mol. The number of nitrogens with zero attached hydrogens (tertiary/aromatic N) is 1. The minimum Gasteiger partial charge on any atom is -0.326 e. The molecule has 1 atom stereocenters. The van der Waals surface area contributed by atoms with E-state index in [4.69, 9.17) is 0 Å². The Morgan fingerprint density at radius 3 is 2.76 bits per heavy atom. The molecule has 21 heavy (non-hydrogen) atoms. The number of aryl methyl sites for hydroxylation is 1. The molecule has 0 aromatic heterocycles. The van der Waals surface area contributed by atoms with Gasteiger partial charge in [-0.05, 0) is 38.3 Å². The maximum Gasteiger partial charge on any atom is 0.228 e. The fraction of sp³-hybridized carbons (Fsp3) is 0.533. The average Bonchev–Trinajstić information content (AvgIpc) is 2.49. The quantitative estimate of drug-likeness (QED) is 0.925. The number of anilines is 1. The Bertz CT molecular complexity index is 613. The van der Waals surface area contributed by atoms with Crippen molar-refractivity contribution in [3.63, 3.8) is 0 Å². The largest absolute Gasteiger partial charge is 0.326 e. The molecule has 1 fully saturated rings. The zero-order valence-corrected chi connectivity index (χ0v) is 13.3. The highest BCUT2D eigenvalue weighted by Gasteiger charge is 2.31. The molecule has 6 heteroatoms. The van der Waals surface area contributed by atoms with Crippen molar-refractivity contribution in [3.8, 4) is 0 Å². The number of carbonyl (C=O) groups is 1. The lowest BCUT2D eigenvalue weighted by Gasteiger charge is -2.31. The van der Waals surface area contributed by atoms with Crippen LogP contribution >= 0.6 is 0 Å². The topological polar surface area (TPSA) is 66.5 Å². The molecule has 1 heterocycles. The van der Waals surface area contributed by atoms with E-state index in [1.54, 1.807) is 6.92 Å². The lowest BCUT2D eigenvalue weighted by molar-refractivity contribution is -0.120. The fourth-order valence-electron chi connectivity index (χ4n) is 2.54. The van der Waals surface area contributed by atoms with Gasteiger partial charge in [0.25, 0.3) is 0 Å². The Hall–Kier alpha value is -1.40. The number of rotatable bonds is 4. The molecule has 2 rings (SSSR count). The molecule has 0 aliphatic carbocycles. The van der Waals surface area contributed by atoms with Crippen molar-refractivity contribution in [2.75, 3.05) is 24.2 Å².